The molecule has 1 saturated heterocycles. The fourth-order valence-corrected chi connectivity index (χ4v) is 6.55. The molecule has 0 unspecified atom stereocenters. The Morgan fingerprint density at radius 1 is 1.00 bits per heavy atom. The van der Waals surface area contributed by atoms with Crippen LogP contribution < -0.4 is 20.1 Å². The van der Waals surface area contributed by atoms with Crippen LogP contribution in [0.15, 0.2) is 54.9 Å². The molecule has 2 fully saturated rings. The number of nitrogens with one attached hydrogen (secondary N) is 2. The number of carbonyl (C=O) groups excluding carboxylic acids is 1. The molecule has 2 N–H and O–H groups in total. The monoisotopic (exact) mass is 676 g/mol. The van der Waals surface area contributed by atoms with Gasteiger partial charge in [0.05, 0.1) is 28.4 Å². The third-order valence-corrected chi connectivity index (χ3v) is 10.4. The van der Waals surface area contributed by atoms with E-state index in [9.17, 15) is 4.79 Å². The van der Waals surface area contributed by atoms with Crippen molar-refractivity contribution in [1.82, 2.24) is 24.8 Å². The summed E-state index contributed by atoms with van der Waals surface area (Å²) in [6.45, 7) is 12.3. The van der Waals surface area contributed by atoms with Gasteiger partial charge in [0, 0.05) is 33.3 Å². The number of hydrogen-bond acceptors (Lipinski definition) is 7. The summed E-state index contributed by atoms with van der Waals surface area (Å²) in [6, 6.07) is 16.4. The van der Waals surface area contributed by atoms with E-state index in [1.165, 1.54) is 32.3 Å². The van der Waals surface area contributed by atoms with Crippen LogP contribution in [0.1, 0.15) is 32.1 Å². The van der Waals surface area contributed by atoms with Gasteiger partial charge in [-0.3, -0.25) is 0 Å². The Morgan fingerprint density at radius 2 is 1.77 bits per heavy atom. The summed E-state index contributed by atoms with van der Waals surface area (Å²) < 4.78 is 20.6. The van der Waals surface area contributed by atoms with Crippen LogP contribution in [0.3, 0.4) is 0 Å². The van der Waals surface area contributed by atoms with E-state index in [2.05, 4.69) is 61.8 Å². The Hall–Kier alpha value is -3.64. The molecule has 1 saturated carbocycles. The smallest absolute Gasteiger partial charge is 0.319 e. The maximum atomic E-state index is 12.2. The molecule has 4 aromatic rings. The van der Waals surface area contributed by atoms with Gasteiger partial charge < -0.3 is 34.3 Å². The lowest BCUT2D eigenvalue weighted by Crippen LogP contribution is -2.30. The molecular weight excluding hydrogens is 632 g/mol. The van der Waals surface area contributed by atoms with E-state index in [0.29, 0.717) is 47.9 Å². The van der Waals surface area contributed by atoms with Crippen molar-refractivity contribution in [2.45, 2.75) is 70.6 Å². The van der Waals surface area contributed by atoms with Gasteiger partial charge in [0.1, 0.15) is 30.2 Å². The molecule has 0 spiro atoms. The van der Waals surface area contributed by atoms with Crippen LogP contribution in [0.5, 0.6) is 17.4 Å². The first-order valence-corrected chi connectivity index (χ1v) is 20.7. The van der Waals surface area contributed by atoms with Crippen LogP contribution in [0.4, 0.5) is 10.5 Å². The number of urea groups is 1. The van der Waals surface area contributed by atoms with Gasteiger partial charge in [-0.15, -0.1) is 0 Å². The van der Waals surface area contributed by atoms with Crippen LogP contribution in [0, 0.1) is 0 Å². The van der Waals surface area contributed by atoms with E-state index in [1.807, 2.05) is 18.2 Å². The minimum atomic E-state index is -1.25. The third-order valence-electron chi connectivity index (χ3n) is 8.42. The van der Waals surface area contributed by atoms with Gasteiger partial charge in [0.2, 0.25) is 5.88 Å². The van der Waals surface area contributed by atoms with Crippen molar-refractivity contribution < 1.29 is 19.0 Å². The highest BCUT2D eigenvalue weighted by atomic mass is 35.5. The number of nitrogens with zero attached hydrogens (tertiary/aromatic N) is 4. The van der Waals surface area contributed by atoms with Crippen molar-refractivity contribution in [3.05, 3.63) is 59.9 Å². The Bertz CT molecular complexity index is 1670. The molecule has 0 bridgehead atoms. The number of aromatic nitrogens is 3. The second-order valence-electron chi connectivity index (χ2n) is 13.6. The summed E-state index contributed by atoms with van der Waals surface area (Å²) in [5.41, 5.74) is 3.17. The largest absolute Gasteiger partial charge is 0.494 e. The number of halogens is 1. The number of anilines is 1. The van der Waals surface area contributed by atoms with Crippen molar-refractivity contribution >= 4 is 42.4 Å². The van der Waals surface area contributed by atoms with Crippen molar-refractivity contribution in [2.75, 3.05) is 38.2 Å². The molecule has 2 aliphatic rings. The lowest BCUT2D eigenvalue weighted by atomic mass is 10.1. The lowest BCUT2D eigenvalue weighted by molar-refractivity contribution is 0.0909. The fraction of sp³-hybridized carbons (Fsp3) is 0.457. The van der Waals surface area contributed by atoms with Gasteiger partial charge in [-0.05, 0) is 99.3 Å². The number of rotatable bonds is 15. The Labute approximate surface area is 282 Å². The first-order chi connectivity index (χ1) is 22.7. The molecule has 1 aliphatic carbocycles. The van der Waals surface area contributed by atoms with Crippen molar-refractivity contribution in [3.8, 4) is 28.6 Å². The van der Waals surface area contributed by atoms with Crippen LogP contribution in [0.2, 0.25) is 30.7 Å². The Balaban J connectivity index is 1.20. The highest BCUT2D eigenvalue weighted by Gasteiger charge is 2.24. The fourth-order valence-electron chi connectivity index (χ4n) is 5.58. The maximum Gasteiger partial charge on any atom is 0.319 e. The molecule has 2 aromatic carbocycles. The number of fused-ring (bicyclic) bond motifs is 1. The summed E-state index contributed by atoms with van der Waals surface area (Å²) in [4.78, 5) is 23.8. The first-order valence-electron chi connectivity index (χ1n) is 16.6. The molecule has 2 aromatic heterocycles. The number of amides is 2. The highest BCUT2D eigenvalue weighted by molar-refractivity contribution is 6.76. The molecule has 10 nitrogen and oxygen atoms in total. The topological polar surface area (TPSA) is 103 Å². The minimum absolute atomic E-state index is 0.250. The van der Waals surface area contributed by atoms with Crippen LogP contribution in [-0.4, -0.2) is 72.4 Å². The molecule has 12 heteroatoms. The quantitative estimate of drug-likeness (QED) is 0.0971. The molecule has 250 valence electrons. The van der Waals surface area contributed by atoms with Gasteiger partial charge in [-0.1, -0.05) is 31.2 Å². The summed E-state index contributed by atoms with van der Waals surface area (Å²) in [6.07, 6.45) is 7.15. The number of likely N-dealkylation sites (tertiary alicyclic amines) is 1. The normalized spacial score (nSPS) is 15.2. The van der Waals surface area contributed by atoms with Gasteiger partial charge in [0.15, 0.2) is 0 Å². The zero-order valence-electron chi connectivity index (χ0n) is 27.6. The SMILES string of the molecule is C[Si](C)(C)CCOCn1c(-c2ccc(OCCCN3CCCC3)cc2)cc2c(Oc3ccc(NC(=O)NC4CC4)c(Cl)c3)ncnc21. The van der Waals surface area contributed by atoms with Crippen LogP contribution >= 0.6 is 11.6 Å². The predicted molar refractivity (Wildman–Crippen MR) is 190 cm³/mol. The molecule has 47 heavy (non-hydrogen) atoms. The van der Waals surface area contributed by atoms with E-state index >= 15 is 0 Å². The average Bonchev–Trinajstić information content (AvgIpc) is 3.54. The lowest BCUT2D eigenvalue weighted by Gasteiger charge is -2.17. The molecule has 6 rings (SSSR count). The van der Waals surface area contributed by atoms with Crippen LogP contribution in [-0.2, 0) is 11.5 Å². The first kappa shape index (κ1) is 33.3. The van der Waals surface area contributed by atoms with Gasteiger partial charge in [-0.2, -0.15) is 0 Å². The second-order valence-corrected chi connectivity index (χ2v) is 19.6. The molecule has 0 radical (unpaired) electrons. The molecule has 1 aliphatic heterocycles. The molecule has 2 amide bonds. The average molecular weight is 677 g/mol. The van der Waals surface area contributed by atoms with Crippen molar-refractivity contribution in [2.24, 2.45) is 0 Å². The summed E-state index contributed by atoms with van der Waals surface area (Å²) in [7, 11) is -1.25. The zero-order valence-corrected chi connectivity index (χ0v) is 29.3. The molecular formula is C35H45ClN6O4Si. The van der Waals surface area contributed by atoms with Gasteiger partial charge in [-0.25, -0.2) is 14.8 Å². The summed E-state index contributed by atoms with van der Waals surface area (Å²) in [5, 5.41) is 6.82. The number of benzene rings is 2. The van der Waals surface area contributed by atoms with E-state index < -0.39 is 8.07 Å². The maximum absolute atomic E-state index is 12.2. The van der Waals surface area contributed by atoms with Crippen molar-refractivity contribution in [3.63, 3.8) is 0 Å². The van der Waals surface area contributed by atoms with Crippen molar-refractivity contribution in [1.29, 1.82) is 0 Å². The molecule has 3 heterocycles. The van der Waals surface area contributed by atoms with E-state index in [1.54, 1.807) is 18.2 Å². The number of carbonyl (C=O) groups is 1. The van der Waals surface area contributed by atoms with Crippen LogP contribution in [0.25, 0.3) is 22.3 Å². The number of hydrogen-bond donors (Lipinski definition) is 2. The van der Waals surface area contributed by atoms with E-state index in [4.69, 9.17) is 25.8 Å². The van der Waals surface area contributed by atoms with Gasteiger partial charge in [0.25, 0.3) is 0 Å². The summed E-state index contributed by atoms with van der Waals surface area (Å²) in [5.74, 6) is 1.75. The third kappa shape index (κ3) is 9.25. The molecule has 0 atom stereocenters. The highest BCUT2D eigenvalue weighted by Crippen LogP contribution is 2.36. The predicted octanol–water partition coefficient (Wildman–Crippen LogP) is 8.00. The zero-order chi connectivity index (χ0) is 32.8. The minimum Gasteiger partial charge on any atom is -0.494 e. The Morgan fingerprint density at radius 3 is 2.49 bits per heavy atom. The number of ether oxygens (including phenoxy) is 3. The Kier molecular flexibility index (Phi) is 10.7. The van der Waals surface area contributed by atoms with Gasteiger partial charge >= 0.3 is 6.03 Å². The summed E-state index contributed by atoms with van der Waals surface area (Å²) >= 11 is 6.52. The second kappa shape index (κ2) is 15.1. The van der Waals surface area contributed by atoms with E-state index in [0.717, 1.165) is 54.2 Å². The standard InChI is InChI=1S/C35H45ClN6O4Si/c1-47(2,3)20-19-44-24-42-32(25-7-11-27(12-8-25)45-18-6-17-41-15-4-5-16-41)22-29-33(42)37-23-38-34(29)46-28-13-14-31(30(36)21-28)40-35(43)39-26-9-10-26/h7-8,11-14,21-23,26H,4-6,9-10,15-20,24H2,1-3H3,(H2,39,40,43). The van der Waals surface area contributed by atoms with E-state index in [-0.39, 0.29) is 12.1 Å².